The first kappa shape index (κ1) is 20.3. The Labute approximate surface area is 145 Å². The van der Waals surface area contributed by atoms with Gasteiger partial charge in [0, 0.05) is 5.75 Å². The summed E-state index contributed by atoms with van der Waals surface area (Å²) in [6, 6.07) is 6.67. The van der Waals surface area contributed by atoms with E-state index in [1.54, 1.807) is 39.0 Å². The number of methoxy groups -OCH3 is 1. The maximum atomic E-state index is 12.2. The van der Waals surface area contributed by atoms with Crippen molar-refractivity contribution in [3.63, 3.8) is 0 Å². The molecular formula is C15H21NO6S2. The molecule has 9 heteroatoms. The molecule has 0 radical (unpaired) electrons. The highest BCUT2D eigenvalue weighted by Crippen LogP contribution is 2.23. The molecule has 1 amide bonds. The highest BCUT2D eigenvalue weighted by Gasteiger charge is 2.27. The lowest BCUT2D eigenvalue weighted by atomic mass is 10.2. The maximum Gasteiger partial charge on any atom is 0.408 e. The molecule has 0 aliphatic heterocycles. The zero-order chi connectivity index (χ0) is 18.4. The van der Waals surface area contributed by atoms with E-state index in [2.05, 4.69) is 10.1 Å². The molecule has 0 saturated carbocycles. The number of amides is 1. The van der Waals surface area contributed by atoms with Gasteiger partial charge in [0.15, 0.2) is 0 Å². The molecule has 0 aliphatic rings. The average Bonchev–Trinajstić information content (AvgIpc) is 2.49. The third-order valence-corrected chi connectivity index (χ3v) is 6.14. The van der Waals surface area contributed by atoms with Crippen LogP contribution >= 0.6 is 10.8 Å². The molecule has 1 N–H and O–H groups in total. The van der Waals surface area contributed by atoms with E-state index >= 15 is 0 Å². The highest BCUT2D eigenvalue weighted by molar-refractivity contribution is 8.72. The smallest absolute Gasteiger partial charge is 0.408 e. The van der Waals surface area contributed by atoms with Gasteiger partial charge in [-0.2, -0.15) is 0 Å². The molecule has 0 aromatic heterocycles. The minimum absolute atomic E-state index is 0.121. The second kappa shape index (κ2) is 8.39. The van der Waals surface area contributed by atoms with Gasteiger partial charge in [-0.1, -0.05) is 18.2 Å². The molecule has 0 heterocycles. The quantitative estimate of drug-likeness (QED) is 0.601. The molecule has 0 unspecified atom stereocenters. The summed E-state index contributed by atoms with van der Waals surface area (Å²) >= 11 is 0. The van der Waals surface area contributed by atoms with Crippen LogP contribution in [0, 0.1) is 0 Å². The molecule has 0 bridgehead atoms. The summed E-state index contributed by atoms with van der Waals surface area (Å²) in [5.74, 6) is -0.958. The monoisotopic (exact) mass is 375 g/mol. The summed E-state index contributed by atoms with van der Waals surface area (Å²) in [7, 11) is -1.95. The fraction of sp³-hybridized carbons (Fsp3) is 0.467. The van der Waals surface area contributed by atoms with Crippen LogP contribution in [0.3, 0.4) is 0 Å². The molecular weight excluding hydrogens is 354 g/mol. The maximum absolute atomic E-state index is 12.2. The molecule has 7 nitrogen and oxygen atoms in total. The molecule has 0 saturated heterocycles. The van der Waals surface area contributed by atoms with Crippen LogP contribution in [-0.4, -0.2) is 45.0 Å². The largest absolute Gasteiger partial charge is 0.467 e. The van der Waals surface area contributed by atoms with Gasteiger partial charge >= 0.3 is 12.1 Å². The van der Waals surface area contributed by atoms with Crippen molar-refractivity contribution in [2.45, 2.75) is 37.3 Å². The van der Waals surface area contributed by atoms with E-state index in [0.717, 1.165) is 7.11 Å². The van der Waals surface area contributed by atoms with Crippen molar-refractivity contribution in [1.29, 1.82) is 0 Å². The van der Waals surface area contributed by atoms with E-state index in [1.165, 1.54) is 12.1 Å². The van der Waals surface area contributed by atoms with E-state index in [1.807, 2.05) is 0 Å². The molecule has 134 valence electrons. The number of esters is 1. The van der Waals surface area contributed by atoms with Crippen LogP contribution in [0.15, 0.2) is 35.2 Å². The normalized spacial score (nSPS) is 13.0. The Kier molecular flexibility index (Phi) is 7.09. The van der Waals surface area contributed by atoms with Crippen molar-refractivity contribution in [1.82, 2.24) is 5.32 Å². The summed E-state index contributed by atoms with van der Waals surface area (Å²) in [6.45, 7) is 5.02. The fourth-order valence-electron chi connectivity index (χ4n) is 1.57. The van der Waals surface area contributed by atoms with Gasteiger partial charge in [0.2, 0.25) is 8.87 Å². The fourth-order valence-corrected chi connectivity index (χ4v) is 4.42. The van der Waals surface area contributed by atoms with Gasteiger partial charge in [0.1, 0.15) is 11.6 Å². The topological polar surface area (TPSA) is 98.8 Å². The Balaban J connectivity index is 2.77. The van der Waals surface area contributed by atoms with Gasteiger partial charge in [0.05, 0.1) is 12.0 Å². The van der Waals surface area contributed by atoms with Gasteiger partial charge in [-0.3, -0.25) is 0 Å². The van der Waals surface area contributed by atoms with Gasteiger partial charge in [-0.15, -0.1) is 0 Å². The van der Waals surface area contributed by atoms with Crippen LogP contribution in [0.25, 0.3) is 0 Å². The molecule has 1 rings (SSSR count). The van der Waals surface area contributed by atoms with E-state index in [4.69, 9.17) is 4.74 Å². The zero-order valence-electron chi connectivity index (χ0n) is 13.9. The predicted molar refractivity (Wildman–Crippen MR) is 91.3 cm³/mol. The average molecular weight is 375 g/mol. The molecule has 1 atom stereocenters. The second-order valence-electron chi connectivity index (χ2n) is 5.77. The lowest BCUT2D eigenvalue weighted by Gasteiger charge is -2.22. The van der Waals surface area contributed by atoms with Crippen LogP contribution in [0.2, 0.25) is 0 Å². The van der Waals surface area contributed by atoms with Crippen molar-refractivity contribution in [2.75, 3.05) is 12.9 Å². The minimum Gasteiger partial charge on any atom is -0.467 e. The molecule has 1 aromatic rings. The van der Waals surface area contributed by atoms with E-state index in [9.17, 15) is 18.0 Å². The third-order valence-electron chi connectivity index (χ3n) is 2.60. The first-order valence-electron chi connectivity index (χ1n) is 7.07. The molecule has 0 spiro atoms. The Morgan fingerprint density at radius 3 is 2.29 bits per heavy atom. The van der Waals surface area contributed by atoms with Crippen molar-refractivity contribution < 1.29 is 27.5 Å². The minimum atomic E-state index is -3.65. The second-order valence-corrected chi connectivity index (χ2v) is 9.75. The number of ether oxygens (including phenoxy) is 2. The first-order chi connectivity index (χ1) is 11.0. The molecule has 1 aromatic carbocycles. The number of alkyl carbamates (subject to hydrolysis) is 1. The molecule has 24 heavy (non-hydrogen) atoms. The van der Waals surface area contributed by atoms with Crippen LogP contribution in [0.5, 0.6) is 0 Å². The van der Waals surface area contributed by atoms with Crippen LogP contribution in [-0.2, 0) is 23.1 Å². The van der Waals surface area contributed by atoms with Crippen molar-refractivity contribution in [3.05, 3.63) is 30.3 Å². The molecule has 0 fully saturated rings. The molecule has 0 aliphatic carbocycles. The Morgan fingerprint density at radius 1 is 1.21 bits per heavy atom. The van der Waals surface area contributed by atoms with Crippen molar-refractivity contribution >= 4 is 31.7 Å². The van der Waals surface area contributed by atoms with Gasteiger partial charge in [0.25, 0.3) is 0 Å². The number of hydrogen-bond acceptors (Lipinski definition) is 7. The van der Waals surface area contributed by atoms with Gasteiger partial charge in [-0.05, 0) is 43.7 Å². The number of rotatable bonds is 6. The SMILES string of the molecule is COC(=O)[C@H](CSS(=O)(=O)c1ccccc1)NC(=O)OC(C)(C)C. The van der Waals surface area contributed by atoms with Crippen molar-refractivity contribution in [2.24, 2.45) is 0 Å². The number of carbonyl (C=O) groups is 2. The van der Waals surface area contributed by atoms with Crippen LogP contribution in [0.1, 0.15) is 20.8 Å². The van der Waals surface area contributed by atoms with Gasteiger partial charge in [-0.25, -0.2) is 18.0 Å². The number of nitrogens with one attached hydrogen (secondary N) is 1. The number of hydrogen-bond donors (Lipinski definition) is 1. The lowest BCUT2D eigenvalue weighted by molar-refractivity contribution is -0.142. The lowest BCUT2D eigenvalue weighted by Crippen LogP contribution is -2.45. The summed E-state index contributed by atoms with van der Waals surface area (Å²) in [6.07, 6.45) is -0.824. The predicted octanol–water partition coefficient (Wildman–Crippen LogP) is 2.17. The van der Waals surface area contributed by atoms with Crippen LogP contribution < -0.4 is 5.32 Å². The third kappa shape index (κ3) is 6.79. The standard InChI is InChI=1S/C15H21NO6S2/c1-15(2,3)22-14(18)16-12(13(17)21-4)10-23-24(19,20)11-8-6-5-7-9-11/h5-9,12H,10H2,1-4H3,(H,16,18)/t12-/m0/s1. The Bertz CT molecular complexity index is 667. The van der Waals surface area contributed by atoms with E-state index in [0.29, 0.717) is 10.8 Å². The summed E-state index contributed by atoms with van der Waals surface area (Å²) in [5.41, 5.74) is -0.742. The van der Waals surface area contributed by atoms with E-state index in [-0.39, 0.29) is 10.6 Å². The first-order valence-corrected chi connectivity index (χ1v) is 10.1. The van der Waals surface area contributed by atoms with Crippen molar-refractivity contribution in [3.8, 4) is 0 Å². The zero-order valence-corrected chi connectivity index (χ0v) is 15.6. The Morgan fingerprint density at radius 2 is 1.79 bits per heavy atom. The summed E-state index contributed by atoms with van der Waals surface area (Å²) in [4.78, 5) is 23.7. The van der Waals surface area contributed by atoms with E-state index < -0.39 is 32.6 Å². The van der Waals surface area contributed by atoms with Crippen LogP contribution in [0.4, 0.5) is 4.79 Å². The summed E-state index contributed by atoms with van der Waals surface area (Å²) in [5, 5.41) is 2.33. The number of carbonyl (C=O) groups excluding carboxylic acids is 2. The highest BCUT2D eigenvalue weighted by atomic mass is 33.1. The Hall–Kier alpha value is -1.74. The summed E-state index contributed by atoms with van der Waals surface area (Å²) < 4.78 is 34.1. The number of benzene rings is 1. The van der Waals surface area contributed by atoms with Gasteiger partial charge < -0.3 is 14.8 Å².